The second-order valence-electron chi connectivity index (χ2n) is 3.17. The first-order valence-corrected chi connectivity index (χ1v) is 4.80. The van der Waals surface area contributed by atoms with Crippen molar-refractivity contribution in [3.8, 4) is 0 Å². The summed E-state index contributed by atoms with van der Waals surface area (Å²) < 4.78 is 0. The Hall–Kier alpha value is -0.970. The van der Waals surface area contributed by atoms with E-state index in [1.165, 1.54) is 0 Å². The molecule has 0 fully saturated rings. The lowest BCUT2D eigenvalue weighted by molar-refractivity contribution is 0.265. The average molecular weight is 210 g/mol. The maximum absolute atomic E-state index is 8.84. The molecule has 0 amide bonds. The SMILES string of the molecule is NC(=S)c1ccccc1C[C@@H](N)CO. The molecule has 0 heterocycles. The van der Waals surface area contributed by atoms with Crippen LogP contribution in [-0.4, -0.2) is 22.7 Å². The van der Waals surface area contributed by atoms with Crippen LogP contribution in [0.3, 0.4) is 0 Å². The minimum atomic E-state index is -0.259. The first-order chi connectivity index (χ1) is 6.65. The van der Waals surface area contributed by atoms with Gasteiger partial charge in [0.05, 0.1) is 6.61 Å². The first-order valence-electron chi connectivity index (χ1n) is 4.39. The van der Waals surface area contributed by atoms with Crippen LogP contribution in [0.25, 0.3) is 0 Å². The van der Waals surface area contributed by atoms with Crippen LogP contribution in [0.4, 0.5) is 0 Å². The highest BCUT2D eigenvalue weighted by molar-refractivity contribution is 7.80. The number of thiocarbonyl (C=S) groups is 1. The van der Waals surface area contributed by atoms with Gasteiger partial charge in [-0.3, -0.25) is 0 Å². The Morgan fingerprint density at radius 3 is 2.64 bits per heavy atom. The predicted molar refractivity (Wildman–Crippen MR) is 61.1 cm³/mol. The number of nitrogens with two attached hydrogens (primary N) is 2. The fourth-order valence-corrected chi connectivity index (χ4v) is 1.48. The Labute approximate surface area is 88.7 Å². The molecule has 3 nitrogen and oxygen atoms in total. The number of rotatable bonds is 4. The zero-order valence-electron chi connectivity index (χ0n) is 7.81. The Bertz CT molecular complexity index is 328. The third-order valence-corrected chi connectivity index (χ3v) is 2.22. The lowest BCUT2D eigenvalue weighted by Crippen LogP contribution is -2.28. The van der Waals surface area contributed by atoms with Crippen molar-refractivity contribution in [2.24, 2.45) is 11.5 Å². The highest BCUT2D eigenvalue weighted by atomic mass is 32.1. The quantitative estimate of drug-likeness (QED) is 0.620. The Kier molecular flexibility index (Phi) is 4.00. The molecule has 0 spiro atoms. The van der Waals surface area contributed by atoms with Crippen molar-refractivity contribution in [3.63, 3.8) is 0 Å². The molecule has 0 saturated carbocycles. The first kappa shape index (κ1) is 11.1. The third kappa shape index (κ3) is 2.77. The molecule has 5 N–H and O–H groups in total. The second kappa shape index (κ2) is 5.05. The zero-order valence-corrected chi connectivity index (χ0v) is 8.63. The number of aliphatic hydroxyl groups excluding tert-OH is 1. The monoisotopic (exact) mass is 210 g/mol. The van der Waals surface area contributed by atoms with Gasteiger partial charge in [0.25, 0.3) is 0 Å². The number of hydrogen-bond donors (Lipinski definition) is 3. The third-order valence-electron chi connectivity index (χ3n) is 2.00. The lowest BCUT2D eigenvalue weighted by atomic mass is 10.0. The largest absolute Gasteiger partial charge is 0.395 e. The van der Waals surface area contributed by atoms with Crippen LogP contribution in [0.5, 0.6) is 0 Å². The van der Waals surface area contributed by atoms with Gasteiger partial charge < -0.3 is 16.6 Å². The van der Waals surface area contributed by atoms with Gasteiger partial charge in [0.1, 0.15) is 4.99 Å². The molecule has 0 aliphatic carbocycles. The maximum atomic E-state index is 8.84. The van der Waals surface area contributed by atoms with Gasteiger partial charge in [-0.15, -0.1) is 0 Å². The summed E-state index contributed by atoms with van der Waals surface area (Å²) in [5, 5.41) is 8.84. The number of aliphatic hydroxyl groups is 1. The smallest absolute Gasteiger partial charge is 0.104 e. The van der Waals surface area contributed by atoms with E-state index in [0.29, 0.717) is 11.4 Å². The molecule has 1 atom stereocenters. The minimum absolute atomic E-state index is 0.0360. The van der Waals surface area contributed by atoms with Gasteiger partial charge in [0, 0.05) is 11.6 Å². The minimum Gasteiger partial charge on any atom is -0.395 e. The van der Waals surface area contributed by atoms with Crippen molar-refractivity contribution >= 4 is 17.2 Å². The summed E-state index contributed by atoms with van der Waals surface area (Å²) in [6.45, 7) is -0.0360. The van der Waals surface area contributed by atoms with Gasteiger partial charge in [0.2, 0.25) is 0 Å². The van der Waals surface area contributed by atoms with E-state index in [1.54, 1.807) is 0 Å². The van der Waals surface area contributed by atoms with E-state index in [4.69, 9.17) is 28.8 Å². The summed E-state index contributed by atoms with van der Waals surface area (Å²) in [7, 11) is 0. The van der Waals surface area contributed by atoms with E-state index in [2.05, 4.69) is 0 Å². The van der Waals surface area contributed by atoms with Crippen molar-refractivity contribution in [2.75, 3.05) is 6.61 Å². The molecule has 14 heavy (non-hydrogen) atoms. The van der Waals surface area contributed by atoms with Crippen LogP contribution in [0.1, 0.15) is 11.1 Å². The van der Waals surface area contributed by atoms with Crippen molar-refractivity contribution in [2.45, 2.75) is 12.5 Å². The summed E-state index contributed by atoms with van der Waals surface area (Å²) in [6.07, 6.45) is 0.587. The van der Waals surface area contributed by atoms with Crippen molar-refractivity contribution in [1.82, 2.24) is 0 Å². The van der Waals surface area contributed by atoms with Crippen molar-refractivity contribution < 1.29 is 5.11 Å². The van der Waals surface area contributed by atoms with E-state index < -0.39 is 0 Å². The number of benzene rings is 1. The fraction of sp³-hybridized carbons (Fsp3) is 0.300. The molecule has 0 aliphatic heterocycles. The molecule has 76 valence electrons. The van der Waals surface area contributed by atoms with Gasteiger partial charge in [-0.1, -0.05) is 36.5 Å². The molecule has 0 unspecified atom stereocenters. The van der Waals surface area contributed by atoms with Gasteiger partial charge in [-0.2, -0.15) is 0 Å². The highest BCUT2D eigenvalue weighted by Crippen LogP contribution is 2.10. The van der Waals surface area contributed by atoms with Crippen LogP contribution < -0.4 is 11.5 Å². The van der Waals surface area contributed by atoms with E-state index in [0.717, 1.165) is 11.1 Å². The van der Waals surface area contributed by atoms with Crippen LogP contribution in [0, 0.1) is 0 Å². The summed E-state index contributed by atoms with van der Waals surface area (Å²) >= 11 is 4.91. The molecule has 0 bridgehead atoms. The van der Waals surface area contributed by atoms with Crippen molar-refractivity contribution in [1.29, 1.82) is 0 Å². The molecule has 1 aromatic carbocycles. The average Bonchev–Trinajstić information content (AvgIpc) is 2.18. The van der Waals surface area contributed by atoms with Gasteiger partial charge >= 0.3 is 0 Å². The van der Waals surface area contributed by atoms with Crippen LogP contribution >= 0.6 is 12.2 Å². The molecule has 0 aliphatic rings. The van der Waals surface area contributed by atoms with Gasteiger partial charge in [0.15, 0.2) is 0 Å². The standard InChI is InChI=1S/C10H14N2OS/c11-8(6-13)5-7-3-1-2-4-9(7)10(12)14/h1-4,8,13H,5-6,11H2,(H2,12,14)/t8-/m1/s1. The molecule has 4 heteroatoms. The van der Waals surface area contributed by atoms with E-state index in [-0.39, 0.29) is 12.6 Å². The van der Waals surface area contributed by atoms with E-state index in [9.17, 15) is 0 Å². The van der Waals surface area contributed by atoms with Crippen LogP contribution in [0.15, 0.2) is 24.3 Å². The van der Waals surface area contributed by atoms with E-state index in [1.807, 2.05) is 24.3 Å². The Morgan fingerprint density at radius 2 is 2.07 bits per heavy atom. The summed E-state index contributed by atoms with van der Waals surface area (Å²) in [5.74, 6) is 0. The normalized spacial score (nSPS) is 12.4. The molecule has 1 aromatic rings. The highest BCUT2D eigenvalue weighted by Gasteiger charge is 2.07. The second-order valence-corrected chi connectivity index (χ2v) is 3.61. The Morgan fingerprint density at radius 1 is 1.43 bits per heavy atom. The Balaban J connectivity index is 2.90. The van der Waals surface area contributed by atoms with Crippen LogP contribution in [-0.2, 0) is 6.42 Å². The molecule has 0 radical (unpaired) electrons. The predicted octanol–water partition coefficient (Wildman–Crippen LogP) is 0.183. The van der Waals surface area contributed by atoms with Gasteiger partial charge in [-0.25, -0.2) is 0 Å². The summed E-state index contributed by atoms with van der Waals surface area (Å²) in [6, 6.07) is 7.31. The summed E-state index contributed by atoms with van der Waals surface area (Å²) in [5.41, 5.74) is 13.0. The number of hydrogen-bond acceptors (Lipinski definition) is 3. The fourth-order valence-electron chi connectivity index (χ4n) is 1.29. The van der Waals surface area contributed by atoms with Crippen LogP contribution in [0.2, 0.25) is 0 Å². The molecular formula is C10H14N2OS. The van der Waals surface area contributed by atoms with Crippen molar-refractivity contribution in [3.05, 3.63) is 35.4 Å². The van der Waals surface area contributed by atoms with E-state index >= 15 is 0 Å². The maximum Gasteiger partial charge on any atom is 0.104 e. The molecule has 1 rings (SSSR count). The molecular weight excluding hydrogens is 196 g/mol. The molecule has 0 aromatic heterocycles. The zero-order chi connectivity index (χ0) is 10.6. The van der Waals surface area contributed by atoms with Gasteiger partial charge in [-0.05, 0) is 12.0 Å². The topological polar surface area (TPSA) is 72.3 Å². The molecule has 0 saturated heterocycles. The summed E-state index contributed by atoms with van der Waals surface area (Å²) in [4.78, 5) is 0.366. The lowest BCUT2D eigenvalue weighted by Gasteiger charge is -2.11.